The Morgan fingerprint density at radius 1 is 1.42 bits per heavy atom. The molecule has 0 aliphatic heterocycles. The largest absolute Gasteiger partial charge is 0.480 e. The highest BCUT2D eigenvalue weighted by molar-refractivity contribution is 5.77. The summed E-state index contributed by atoms with van der Waals surface area (Å²) in [5.74, 6) is -0.650. The molecule has 1 saturated carbocycles. The van der Waals surface area contributed by atoms with Crippen molar-refractivity contribution in [2.45, 2.75) is 45.1 Å². The van der Waals surface area contributed by atoms with Crippen LogP contribution in [0, 0.1) is 5.92 Å². The van der Waals surface area contributed by atoms with Gasteiger partial charge in [0.25, 0.3) is 0 Å². The molecule has 5 nitrogen and oxygen atoms in total. The summed E-state index contributed by atoms with van der Waals surface area (Å²) in [4.78, 5) is 24.1. The van der Waals surface area contributed by atoms with Gasteiger partial charge in [-0.3, -0.25) is 9.69 Å². The first kappa shape index (κ1) is 15.5. The molecule has 0 aromatic rings. The van der Waals surface area contributed by atoms with E-state index in [0.29, 0.717) is 5.92 Å². The van der Waals surface area contributed by atoms with Crippen LogP contribution in [0.5, 0.6) is 0 Å². The van der Waals surface area contributed by atoms with E-state index in [0.717, 1.165) is 25.7 Å². The average Bonchev–Trinajstić information content (AvgIpc) is 2.42. The van der Waals surface area contributed by atoms with Gasteiger partial charge in [0.05, 0.1) is 0 Å². The number of carbonyl (C=O) groups is 2. The Kier molecular flexibility index (Phi) is 6.39. The van der Waals surface area contributed by atoms with Gasteiger partial charge in [-0.25, -0.2) is 4.79 Å². The topological polar surface area (TPSA) is 66.8 Å². The van der Waals surface area contributed by atoms with Gasteiger partial charge in [0.1, 0.15) is 13.2 Å². The maximum atomic E-state index is 11.9. The van der Waals surface area contributed by atoms with Gasteiger partial charge in [0.15, 0.2) is 0 Å². The third kappa shape index (κ3) is 4.93. The lowest BCUT2D eigenvalue weighted by molar-refractivity contribution is -0.138. The Morgan fingerprint density at radius 3 is 2.58 bits per heavy atom. The van der Waals surface area contributed by atoms with Crippen LogP contribution in [0.2, 0.25) is 0 Å². The van der Waals surface area contributed by atoms with E-state index < -0.39 is 12.1 Å². The molecule has 1 N–H and O–H groups in total. The molecule has 0 heterocycles. The lowest BCUT2D eigenvalue weighted by Gasteiger charge is -2.35. The van der Waals surface area contributed by atoms with Gasteiger partial charge in [0, 0.05) is 6.04 Å². The summed E-state index contributed by atoms with van der Waals surface area (Å²) < 4.78 is 4.97. The Hall–Kier alpha value is -1.52. The molecule has 1 unspecified atom stereocenters. The average molecular weight is 269 g/mol. The molecule has 19 heavy (non-hydrogen) atoms. The standard InChI is InChI=1S/C14H23NO4/c1-3-9-19-14(18)15(10-13(16)17)11(2)12-7-5-4-6-8-12/h3,11-12H,1,4-10H2,2H3,(H,16,17). The second kappa shape index (κ2) is 7.81. The first-order valence-corrected chi connectivity index (χ1v) is 6.82. The molecule has 0 bridgehead atoms. The van der Waals surface area contributed by atoms with Crippen LogP contribution in [0.25, 0.3) is 0 Å². The molecule has 108 valence electrons. The summed E-state index contributed by atoms with van der Waals surface area (Å²) in [6.07, 6.45) is 6.53. The number of nitrogens with zero attached hydrogens (tertiary/aromatic N) is 1. The molecule has 1 amide bonds. The minimum Gasteiger partial charge on any atom is -0.480 e. The molecule has 1 aliphatic carbocycles. The van der Waals surface area contributed by atoms with Gasteiger partial charge in [0.2, 0.25) is 0 Å². The van der Waals surface area contributed by atoms with Crippen molar-refractivity contribution in [3.63, 3.8) is 0 Å². The van der Waals surface area contributed by atoms with Gasteiger partial charge < -0.3 is 9.84 Å². The molecule has 1 fully saturated rings. The van der Waals surface area contributed by atoms with E-state index >= 15 is 0 Å². The zero-order valence-corrected chi connectivity index (χ0v) is 11.5. The van der Waals surface area contributed by atoms with E-state index in [4.69, 9.17) is 9.84 Å². The first-order chi connectivity index (χ1) is 9.06. The minimum absolute atomic E-state index is 0.103. The lowest BCUT2D eigenvalue weighted by atomic mass is 9.84. The number of ether oxygens (including phenoxy) is 1. The number of carboxylic acids is 1. The van der Waals surface area contributed by atoms with Crippen LogP contribution in [0.1, 0.15) is 39.0 Å². The maximum absolute atomic E-state index is 11.9. The fourth-order valence-corrected chi connectivity index (χ4v) is 2.60. The van der Waals surface area contributed by atoms with Crippen molar-refractivity contribution in [2.75, 3.05) is 13.2 Å². The third-order valence-electron chi connectivity index (χ3n) is 3.69. The van der Waals surface area contributed by atoms with Gasteiger partial charge in [-0.15, -0.1) is 0 Å². The summed E-state index contributed by atoms with van der Waals surface area (Å²) >= 11 is 0. The monoisotopic (exact) mass is 269 g/mol. The minimum atomic E-state index is -1.02. The molecule has 1 rings (SSSR count). The van der Waals surface area contributed by atoms with Crippen molar-refractivity contribution < 1.29 is 19.4 Å². The fraction of sp³-hybridized carbons (Fsp3) is 0.714. The summed E-state index contributed by atoms with van der Waals surface area (Å²) in [5, 5.41) is 8.94. The van der Waals surface area contributed by atoms with Crippen molar-refractivity contribution in [1.29, 1.82) is 0 Å². The molecular formula is C14H23NO4. The lowest BCUT2D eigenvalue weighted by Crippen LogP contribution is -2.46. The summed E-state index contributed by atoms with van der Waals surface area (Å²) in [6.45, 7) is 5.18. The summed E-state index contributed by atoms with van der Waals surface area (Å²) in [7, 11) is 0. The van der Waals surface area contributed by atoms with Crippen LogP contribution in [0.15, 0.2) is 12.7 Å². The number of aliphatic carboxylic acids is 1. The number of amides is 1. The summed E-state index contributed by atoms with van der Waals surface area (Å²) in [5.41, 5.74) is 0. The van der Waals surface area contributed by atoms with E-state index in [9.17, 15) is 9.59 Å². The fourth-order valence-electron chi connectivity index (χ4n) is 2.60. The predicted molar refractivity (Wildman–Crippen MR) is 71.9 cm³/mol. The van der Waals surface area contributed by atoms with E-state index in [1.165, 1.54) is 17.4 Å². The second-order valence-electron chi connectivity index (χ2n) is 5.03. The molecule has 0 aromatic carbocycles. The van der Waals surface area contributed by atoms with Crippen LogP contribution >= 0.6 is 0 Å². The highest BCUT2D eigenvalue weighted by Gasteiger charge is 2.30. The Labute approximate surface area is 114 Å². The Balaban J connectivity index is 2.67. The Morgan fingerprint density at radius 2 is 2.05 bits per heavy atom. The molecule has 0 radical (unpaired) electrons. The van der Waals surface area contributed by atoms with Gasteiger partial charge in [-0.1, -0.05) is 31.9 Å². The van der Waals surface area contributed by atoms with Crippen LogP contribution in [0.4, 0.5) is 4.79 Å². The number of carbonyl (C=O) groups excluding carboxylic acids is 1. The number of hydrogen-bond donors (Lipinski definition) is 1. The predicted octanol–water partition coefficient (Wildman–Crippen LogP) is 2.66. The van der Waals surface area contributed by atoms with Crippen LogP contribution < -0.4 is 0 Å². The zero-order chi connectivity index (χ0) is 14.3. The number of rotatable bonds is 6. The molecule has 1 atom stereocenters. The highest BCUT2D eigenvalue weighted by Crippen LogP contribution is 2.29. The molecule has 1 aliphatic rings. The number of hydrogen-bond acceptors (Lipinski definition) is 3. The van der Waals surface area contributed by atoms with E-state index in [-0.39, 0.29) is 19.2 Å². The van der Waals surface area contributed by atoms with E-state index in [2.05, 4.69) is 6.58 Å². The van der Waals surface area contributed by atoms with E-state index in [1.807, 2.05) is 6.92 Å². The highest BCUT2D eigenvalue weighted by atomic mass is 16.6. The number of carboxylic acid groups (broad SMARTS) is 1. The maximum Gasteiger partial charge on any atom is 0.410 e. The Bertz CT molecular complexity index is 323. The van der Waals surface area contributed by atoms with Gasteiger partial charge in [-0.2, -0.15) is 0 Å². The van der Waals surface area contributed by atoms with Crippen molar-refractivity contribution in [3.8, 4) is 0 Å². The van der Waals surface area contributed by atoms with Crippen molar-refractivity contribution in [3.05, 3.63) is 12.7 Å². The molecule has 0 saturated heterocycles. The zero-order valence-electron chi connectivity index (χ0n) is 11.5. The van der Waals surface area contributed by atoms with Crippen molar-refractivity contribution in [1.82, 2.24) is 4.90 Å². The molecule has 5 heteroatoms. The van der Waals surface area contributed by atoms with Crippen molar-refractivity contribution in [2.24, 2.45) is 5.92 Å². The molecular weight excluding hydrogens is 246 g/mol. The quantitative estimate of drug-likeness (QED) is 0.753. The molecule has 0 spiro atoms. The SMILES string of the molecule is C=CCOC(=O)N(CC(=O)O)C(C)C1CCCCC1. The summed E-state index contributed by atoms with van der Waals surface area (Å²) in [6, 6.07) is -0.103. The van der Waals surface area contributed by atoms with E-state index in [1.54, 1.807) is 0 Å². The first-order valence-electron chi connectivity index (χ1n) is 6.82. The third-order valence-corrected chi connectivity index (χ3v) is 3.69. The van der Waals surface area contributed by atoms with Crippen LogP contribution in [0.3, 0.4) is 0 Å². The van der Waals surface area contributed by atoms with Gasteiger partial charge >= 0.3 is 12.1 Å². The van der Waals surface area contributed by atoms with Crippen molar-refractivity contribution >= 4 is 12.1 Å². The molecule has 0 aromatic heterocycles. The van der Waals surface area contributed by atoms with Gasteiger partial charge in [-0.05, 0) is 25.7 Å². The normalized spacial score (nSPS) is 17.5. The second-order valence-corrected chi connectivity index (χ2v) is 5.03. The van der Waals surface area contributed by atoms with Crippen LogP contribution in [-0.4, -0.2) is 41.3 Å². The smallest absolute Gasteiger partial charge is 0.410 e. The van der Waals surface area contributed by atoms with Crippen LogP contribution in [-0.2, 0) is 9.53 Å².